The van der Waals surface area contributed by atoms with Gasteiger partial charge in [-0.2, -0.15) is 0 Å². The van der Waals surface area contributed by atoms with Crippen LogP contribution in [-0.2, 0) is 4.79 Å². The summed E-state index contributed by atoms with van der Waals surface area (Å²) in [6.45, 7) is 5.37. The van der Waals surface area contributed by atoms with E-state index in [2.05, 4.69) is 20.1 Å². The second kappa shape index (κ2) is 6.07. The molecule has 0 bridgehead atoms. The Morgan fingerprint density at radius 2 is 1.96 bits per heavy atom. The second-order valence-corrected chi connectivity index (χ2v) is 6.15. The summed E-state index contributed by atoms with van der Waals surface area (Å²) >= 11 is 0. The molecule has 25 heavy (non-hydrogen) atoms. The van der Waals surface area contributed by atoms with Crippen LogP contribution in [0.25, 0.3) is 0 Å². The first-order chi connectivity index (χ1) is 11.7. The predicted molar refractivity (Wildman–Crippen MR) is 83.4 cm³/mol. The lowest BCUT2D eigenvalue weighted by molar-refractivity contribution is -0.286. The summed E-state index contributed by atoms with van der Waals surface area (Å²) in [5.74, 6) is -0.0795. The molecule has 1 unspecified atom stereocenters. The standard InChI is InChI=1S/C16H19F2N3O4/c1-8(2)21-14(22)7-13(20-15(21)23)19-9(3)10-4-5-11-12(6-10)25-16(17,18)24-11/h4-9,15,19-20,23H,1-3H3/t9-,15?/m0/s1. The van der Waals surface area contributed by atoms with Crippen molar-refractivity contribution >= 4 is 5.91 Å². The number of ether oxygens (including phenoxy) is 2. The minimum absolute atomic E-state index is 0.0332. The molecule has 0 aromatic heterocycles. The molecule has 3 rings (SSSR count). The van der Waals surface area contributed by atoms with E-state index in [1.807, 2.05) is 0 Å². The summed E-state index contributed by atoms with van der Waals surface area (Å²) < 4.78 is 35.0. The molecule has 0 aliphatic carbocycles. The number of fused-ring (bicyclic) bond motifs is 1. The van der Waals surface area contributed by atoms with Gasteiger partial charge >= 0.3 is 6.29 Å². The lowest BCUT2D eigenvalue weighted by atomic mass is 10.1. The van der Waals surface area contributed by atoms with Crippen LogP contribution < -0.4 is 20.1 Å². The SMILES string of the molecule is CC(C)N1C(=O)C=C(N[C@@H](C)c2ccc3c(c2)OC(F)(F)O3)NC1O. The number of rotatable bonds is 4. The predicted octanol–water partition coefficient (Wildman–Crippen LogP) is 1.62. The van der Waals surface area contributed by atoms with Crippen molar-refractivity contribution in [3.8, 4) is 11.5 Å². The number of aliphatic hydroxyl groups excluding tert-OH is 1. The quantitative estimate of drug-likeness (QED) is 0.761. The number of nitrogens with zero attached hydrogens (tertiary/aromatic N) is 1. The van der Waals surface area contributed by atoms with E-state index >= 15 is 0 Å². The van der Waals surface area contributed by atoms with Crippen LogP contribution in [0.5, 0.6) is 11.5 Å². The molecule has 1 aromatic carbocycles. The smallest absolute Gasteiger partial charge is 0.395 e. The van der Waals surface area contributed by atoms with Gasteiger partial charge in [-0.3, -0.25) is 9.69 Å². The van der Waals surface area contributed by atoms with Gasteiger partial charge in [0.1, 0.15) is 5.82 Å². The molecule has 0 spiro atoms. The van der Waals surface area contributed by atoms with Gasteiger partial charge in [0, 0.05) is 12.1 Å². The van der Waals surface area contributed by atoms with Gasteiger partial charge in [0.2, 0.25) is 6.35 Å². The highest BCUT2D eigenvalue weighted by Crippen LogP contribution is 2.42. The van der Waals surface area contributed by atoms with Crippen LogP contribution in [0.15, 0.2) is 30.1 Å². The molecule has 136 valence electrons. The monoisotopic (exact) mass is 355 g/mol. The highest BCUT2D eigenvalue weighted by molar-refractivity contribution is 5.89. The largest absolute Gasteiger partial charge is 0.586 e. The van der Waals surface area contributed by atoms with Crippen LogP contribution >= 0.6 is 0 Å². The number of hydrogen-bond acceptors (Lipinski definition) is 6. The van der Waals surface area contributed by atoms with Crippen molar-refractivity contribution in [1.29, 1.82) is 0 Å². The summed E-state index contributed by atoms with van der Waals surface area (Å²) in [6, 6.07) is 3.94. The number of aliphatic hydroxyl groups is 1. The molecular weight excluding hydrogens is 336 g/mol. The van der Waals surface area contributed by atoms with Crippen LogP contribution in [0.1, 0.15) is 32.4 Å². The summed E-state index contributed by atoms with van der Waals surface area (Å²) in [5, 5.41) is 15.8. The maximum atomic E-state index is 13.1. The van der Waals surface area contributed by atoms with Crippen molar-refractivity contribution in [1.82, 2.24) is 15.5 Å². The Labute approximate surface area is 143 Å². The lowest BCUT2D eigenvalue weighted by Gasteiger charge is -2.36. The molecule has 2 atom stereocenters. The van der Waals surface area contributed by atoms with E-state index in [4.69, 9.17) is 0 Å². The van der Waals surface area contributed by atoms with E-state index in [1.54, 1.807) is 26.8 Å². The number of alkyl halides is 2. The number of nitrogens with one attached hydrogen (secondary N) is 2. The highest BCUT2D eigenvalue weighted by atomic mass is 19.3. The molecule has 9 heteroatoms. The maximum absolute atomic E-state index is 13.1. The topological polar surface area (TPSA) is 83.1 Å². The Hall–Kier alpha value is -2.55. The Bertz CT molecular complexity index is 723. The Morgan fingerprint density at radius 1 is 1.28 bits per heavy atom. The molecule has 0 saturated heterocycles. The Balaban J connectivity index is 1.73. The summed E-state index contributed by atoms with van der Waals surface area (Å²) in [7, 11) is 0. The van der Waals surface area contributed by atoms with Crippen LogP contribution in [0, 0.1) is 0 Å². The Kier molecular flexibility index (Phi) is 4.19. The lowest BCUT2D eigenvalue weighted by Crippen LogP contribution is -2.56. The molecule has 1 aromatic rings. The first-order valence-corrected chi connectivity index (χ1v) is 7.81. The van der Waals surface area contributed by atoms with Crippen molar-refractivity contribution in [2.45, 2.75) is 45.5 Å². The molecule has 0 radical (unpaired) electrons. The number of carbonyl (C=O) groups excluding carboxylic acids is 1. The van der Waals surface area contributed by atoms with Gasteiger partial charge in [-0.05, 0) is 38.5 Å². The molecule has 0 fully saturated rings. The van der Waals surface area contributed by atoms with Crippen LogP contribution in [0.4, 0.5) is 8.78 Å². The molecular formula is C16H19F2N3O4. The summed E-state index contributed by atoms with van der Waals surface area (Å²) in [6.07, 6.45) is -3.48. The van der Waals surface area contributed by atoms with Crippen molar-refractivity contribution in [3.63, 3.8) is 0 Å². The average Bonchev–Trinajstić information content (AvgIpc) is 2.78. The van der Waals surface area contributed by atoms with Crippen molar-refractivity contribution in [3.05, 3.63) is 35.7 Å². The van der Waals surface area contributed by atoms with Crippen molar-refractivity contribution < 1.29 is 28.2 Å². The van der Waals surface area contributed by atoms with Gasteiger partial charge in [-0.25, -0.2) is 0 Å². The first kappa shape index (κ1) is 17.3. The minimum atomic E-state index is -3.66. The highest BCUT2D eigenvalue weighted by Gasteiger charge is 2.43. The summed E-state index contributed by atoms with van der Waals surface area (Å²) in [4.78, 5) is 13.4. The van der Waals surface area contributed by atoms with Crippen LogP contribution in [0.3, 0.4) is 0 Å². The first-order valence-electron chi connectivity index (χ1n) is 7.81. The summed E-state index contributed by atoms with van der Waals surface area (Å²) in [5.41, 5.74) is 0.649. The number of halogens is 2. The molecule has 0 saturated carbocycles. The van der Waals surface area contributed by atoms with Gasteiger partial charge in [0.05, 0.1) is 6.04 Å². The zero-order valence-electron chi connectivity index (χ0n) is 13.9. The number of carbonyl (C=O) groups is 1. The van der Waals surface area contributed by atoms with E-state index in [0.29, 0.717) is 11.4 Å². The van der Waals surface area contributed by atoms with E-state index in [0.717, 1.165) is 0 Å². The number of amides is 1. The molecule has 2 aliphatic rings. The second-order valence-electron chi connectivity index (χ2n) is 6.15. The minimum Gasteiger partial charge on any atom is -0.395 e. The third-order valence-corrected chi connectivity index (χ3v) is 3.92. The van der Waals surface area contributed by atoms with Gasteiger partial charge in [0.25, 0.3) is 5.91 Å². The fraction of sp³-hybridized carbons (Fsp3) is 0.438. The van der Waals surface area contributed by atoms with Crippen molar-refractivity contribution in [2.24, 2.45) is 0 Å². The van der Waals surface area contributed by atoms with E-state index in [-0.39, 0.29) is 29.5 Å². The van der Waals surface area contributed by atoms with Gasteiger partial charge < -0.3 is 25.2 Å². The number of benzene rings is 1. The molecule has 1 amide bonds. The van der Waals surface area contributed by atoms with Crippen LogP contribution in [0.2, 0.25) is 0 Å². The van der Waals surface area contributed by atoms with E-state index in [1.165, 1.54) is 23.1 Å². The van der Waals surface area contributed by atoms with Crippen LogP contribution in [-0.4, -0.2) is 34.6 Å². The average molecular weight is 355 g/mol. The molecule has 3 N–H and O–H groups in total. The third-order valence-electron chi connectivity index (χ3n) is 3.92. The normalized spacial score (nSPS) is 22.5. The fourth-order valence-electron chi connectivity index (χ4n) is 2.74. The van der Waals surface area contributed by atoms with Gasteiger partial charge in [0.15, 0.2) is 11.5 Å². The zero-order valence-corrected chi connectivity index (χ0v) is 13.9. The van der Waals surface area contributed by atoms with E-state index < -0.39 is 12.6 Å². The zero-order chi connectivity index (χ0) is 18.4. The number of hydrogen-bond donors (Lipinski definition) is 3. The molecule has 7 nitrogen and oxygen atoms in total. The Morgan fingerprint density at radius 3 is 2.60 bits per heavy atom. The van der Waals surface area contributed by atoms with Gasteiger partial charge in [-0.1, -0.05) is 6.07 Å². The maximum Gasteiger partial charge on any atom is 0.586 e. The molecule has 2 heterocycles. The third kappa shape index (κ3) is 3.46. The fourth-order valence-corrected chi connectivity index (χ4v) is 2.74. The van der Waals surface area contributed by atoms with Gasteiger partial charge in [-0.15, -0.1) is 8.78 Å². The molecule has 2 aliphatic heterocycles. The van der Waals surface area contributed by atoms with E-state index in [9.17, 15) is 18.7 Å². The van der Waals surface area contributed by atoms with Crippen molar-refractivity contribution in [2.75, 3.05) is 0 Å².